The van der Waals surface area contributed by atoms with Crippen molar-refractivity contribution in [3.63, 3.8) is 0 Å². The third-order valence-corrected chi connectivity index (χ3v) is 5.39. The fraction of sp³-hybridized carbons (Fsp3) is 0.571. The van der Waals surface area contributed by atoms with Gasteiger partial charge in [0.25, 0.3) is 0 Å². The molecule has 0 bridgehead atoms. The lowest BCUT2D eigenvalue weighted by atomic mass is 10.2. The van der Waals surface area contributed by atoms with Crippen LogP contribution < -0.4 is 10.0 Å². The van der Waals surface area contributed by atoms with Crippen molar-refractivity contribution in [2.24, 2.45) is 0 Å². The monoisotopic (exact) mass is 331 g/mol. The van der Waals surface area contributed by atoms with Gasteiger partial charge in [-0.05, 0) is 50.4 Å². The molecule has 0 heterocycles. The van der Waals surface area contributed by atoms with Crippen molar-refractivity contribution in [3.05, 3.63) is 28.8 Å². The Balaban J connectivity index is 1.85. The molecule has 1 saturated carbocycles. The largest absolute Gasteiger partial charge is 0.314 e. The quantitative estimate of drug-likeness (QED) is 0.719. The summed E-state index contributed by atoms with van der Waals surface area (Å²) in [7, 11) is -1.95. The molecule has 1 aromatic carbocycles. The fourth-order valence-corrected chi connectivity index (χ4v) is 3.03. The van der Waals surface area contributed by atoms with Crippen LogP contribution in [0.2, 0.25) is 5.02 Å². The Bertz CT molecular complexity index is 588. The molecular weight excluding hydrogens is 310 g/mol. The maximum Gasteiger partial charge on any atom is 0.301 e. The molecule has 0 aliphatic heterocycles. The molecule has 1 aliphatic carbocycles. The molecule has 0 unspecified atom stereocenters. The van der Waals surface area contributed by atoms with E-state index in [0.717, 1.165) is 18.5 Å². The predicted octanol–water partition coefficient (Wildman–Crippen LogP) is 2.38. The van der Waals surface area contributed by atoms with Crippen LogP contribution in [-0.4, -0.2) is 38.9 Å². The van der Waals surface area contributed by atoms with Crippen molar-refractivity contribution in [2.75, 3.05) is 24.9 Å². The summed E-state index contributed by atoms with van der Waals surface area (Å²) in [6.07, 6.45) is 3.27. The van der Waals surface area contributed by atoms with Gasteiger partial charge in [-0.1, -0.05) is 17.7 Å². The highest BCUT2D eigenvalue weighted by Gasteiger charge is 2.21. The number of nitrogens with one attached hydrogen (secondary N) is 2. The molecule has 118 valence electrons. The van der Waals surface area contributed by atoms with Crippen molar-refractivity contribution in [3.8, 4) is 0 Å². The van der Waals surface area contributed by atoms with Crippen LogP contribution in [0.15, 0.2) is 18.2 Å². The second-order valence-corrected chi connectivity index (χ2v) is 7.66. The van der Waals surface area contributed by atoms with Gasteiger partial charge in [0.15, 0.2) is 0 Å². The highest BCUT2D eigenvalue weighted by molar-refractivity contribution is 7.90. The highest BCUT2D eigenvalue weighted by Crippen LogP contribution is 2.21. The average Bonchev–Trinajstić information content (AvgIpc) is 3.22. The molecule has 0 radical (unpaired) electrons. The molecule has 0 aromatic heterocycles. The third-order valence-electron chi connectivity index (χ3n) is 3.49. The Hall–Kier alpha value is -0.820. The van der Waals surface area contributed by atoms with Crippen molar-refractivity contribution >= 4 is 27.5 Å². The SMILES string of the molecule is Cc1ccc(NS(=O)(=O)N(C)CCCNC2CC2)cc1Cl. The van der Waals surface area contributed by atoms with E-state index in [2.05, 4.69) is 10.0 Å². The molecule has 1 fully saturated rings. The molecule has 2 rings (SSSR count). The summed E-state index contributed by atoms with van der Waals surface area (Å²) < 4.78 is 28.2. The number of hydrogen-bond acceptors (Lipinski definition) is 3. The minimum absolute atomic E-state index is 0.480. The molecule has 5 nitrogen and oxygen atoms in total. The normalized spacial score (nSPS) is 15.4. The van der Waals surface area contributed by atoms with Gasteiger partial charge in [0, 0.05) is 24.7 Å². The molecular formula is C14H22ClN3O2S. The first-order valence-electron chi connectivity index (χ1n) is 7.12. The topological polar surface area (TPSA) is 61.4 Å². The van der Waals surface area contributed by atoms with Crippen molar-refractivity contribution < 1.29 is 8.42 Å². The Morgan fingerprint density at radius 2 is 2.10 bits per heavy atom. The maximum absolute atomic E-state index is 12.2. The molecule has 0 spiro atoms. The molecule has 21 heavy (non-hydrogen) atoms. The van der Waals surface area contributed by atoms with E-state index in [1.165, 1.54) is 17.1 Å². The van der Waals surface area contributed by atoms with E-state index in [0.29, 0.717) is 23.3 Å². The van der Waals surface area contributed by atoms with E-state index in [1.54, 1.807) is 25.2 Å². The lowest BCUT2D eigenvalue weighted by Gasteiger charge is -2.18. The first-order chi connectivity index (χ1) is 9.88. The van der Waals surface area contributed by atoms with Crippen LogP contribution in [-0.2, 0) is 10.2 Å². The molecule has 1 aliphatic rings. The summed E-state index contributed by atoms with van der Waals surface area (Å²) in [6, 6.07) is 5.78. The van der Waals surface area contributed by atoms with E-state index in [9.17, 15) is 8.42 Å². The molecule has 0 saturated heterocycles. The van der Waals surface area contributed by atoms with Crippen molar-refractivity contribution in [1.82, 2.24) is 9.62 Å². The minimum Gasteiger partial charge on any atom is -0.314 e. The zero-order chi connectivity index (χ0) is 15.5. The molecule has 1 aromatic rings. The first-order valence-corrected chi connectivity index (χ1v) is 8.94. The first kappa shape index (κ1) is 16.5. The van der Waals surface area contributed by atoms with E-state index in [4.69, 9.17) is 11.6 Å². The number of hydrogen-bond donors (Lipinski definition) is 2. The fourth-order valence-electron chi connectivity index (χ4n) is 1.90. The van der Waals surface area contributed by atoms with Crippen LogP contribution in [0.1, 0.15) is 24.8 Å². The van der Waals surface area contributed by atoms with Crippen LogP contribution in [0.4, 0.5) is 5.69 Å². The molecule has 0 atom stereocenters. The molecule has 7 heteroatoms. The van der Waals surface area contributed by atoms with Gasteiger partial charge in [0.1, 0.15) is 0 Å². The van der Waals surface area contributed by atoms with Gasteiger partial charge in [-0.3, -0.25) is 4.72 Å². The number of rotatable bonds is 8. The summed E-state index contributed by atoms with van der Waals surface area (Å²) >= 11 is 6.00. The van der Waals surface area contributed by atoms with Crippen LogP contribution in [0.5, 0.6) is 0 Å². The minimum atomic E-state index is -3.53. The Kier molecular flexibility index (Phi) is 5.48. The van der Waals surface area contributed by atoms with Crippen LogP contribution in [0.3, 0.4) is 0 Å². The van der Waals surface area contributed by atoms with E-state index < -0.39 is 10.2 Å². The maximum atomic E-state index is 12.2. The number of benzene rings is 1. The summed E-state index contributed by atoms with van der Waals surface area (Å²) in [6.45, 7) is 3.20. The van der Waals surface area contributed by atoms with Crippen molar-refractivity contribution in [2.45, 2.75) is 32.2 Å². The second kappa shape index (κ2) is 6.96. The predicted molar refractivity (Wildman–Crippen MR) is 87.0 cm³/mol. The number of nitrogens with zero attached hydrogens (tertiary/aromatic N) is 1. The molecule has 2 N–H and O–H groups in total. The Morgan fingerprint density at radius 3 is 2.71 bits per heavy atom. The van der Waals surface area contributed by atoms with Gasteiger partial charge >= 0.3 is 10.2 Å². The highest BCUT2D eigenvalue weighted by atomic mass is 35.5. The average molecular weight is 332 g/mol. The second-order valence-electron chi connectivity index (χ2n) is 5.47. The zero-order valence-corrected chi connectivity index (χ0v) is 14.0. The summed E-state index contributed by atoms with van der Waals surface area (Å²) in [4.78, 5) is 0. The van der Waals surface area contributed by atoms with E-state index in [1.807, 2.05) is 6.92 Å². The lowest BCUT2D eigenvalue weighted by molar-refractivity contribution is 0.458. The van der Waals surface area contributed by atoms with Crippen LogP contribution in [0.25, 0.3) is 0 Å². The third kappa shape index (κ3) is 5.14. The lowest BCUT2D eigenvalue weighted by Crippen LogP contribution is -2.34. The van der Waals surface area contributed by atoms with Crippen LogP contribution in [0, 0.1) is 6.92 Å². The number of halogens is 1. The van der Waals surface area contributed by atoms with Gasteiger partial charge in [0.2, 0.25) is 0 Å². The number of aryl methyl sites for hydroxylation is 1. The Morgan fingerprint density at radius 1 is 1.38 bits per heavy atom. The smallest absolute Gasteiger partial charge is 0.301 e. The van der Waals surface area contributed by atoms with Gasteiger partial charge in [-0.15, -0.1) is 0 Å². The van der Waals surface area contributed by atoms with Crippen LogP contribution >= 0.6 is 11.6 Å². The summed E-state index contributed by atoms with van der Waals surface area (Å²) in [5.41, 5.74) is 1.40. The standard InChI is InChI=1S/C14H22ClN3O2S/c1-11-4-5-13(10-14(11)15)17-21(19,20)18(2)9-3-8-16-12-6-7-12/h4-5,10,12,16-17H,3,6-9H2,1-2H3. The van der Waals surface area contributed by atoms with Gasteiger partial charge in [-0.2, -0.15) is 12.7 Å². The summed E-state index contributed by atoms with van der Waals surface area (Å²) in [5.74, 6) is 0. The van der Waals surface area contributed by atoms with Gasteiger partial charge < -0.3 is 5.32 Å². The Labute approximate surface area is 131 Å². The molecule has 0 amide bonds. The summed E-state index contributed by atoms with van der Waals surface area (Å²) in [5, 5.41) is 3.92. The van der Waals surface area contributed by atoms with E-state index >= 15 is 0 Å². The van der Waals surface area contributed by atoms with Crippen molar-refractivity contribution in [1.29, 1.82) is 0 Å². The van der Waals surface area contributed by atoms with E-state index in [-0.39, 0.29) is 0 Å². The van der Waals surface area contributed by atoms with Gasteiger partial charge in [-0.25, -0.2) is 0 Å². The number of anilines is 1. The zero-order valence-electron chi connectivity index (χ0n) is 12.4. The van der Waals surface area contributed by atoms with Gasteiger partial charge in [0.05, 0.1) is 5.69 Å².